The molecule has 0 aromatic rings. The highest BCUT2D eigenvalue weighted by Gasteiger charge is 2.16. The lowest BCUT2D eigenvalue weighted by molar-refractivity contribution is 0.0458. The Morgan fingerprint density at radius 3 is 2.92 bits per heavy atom. The zero-order valence-corrected chi connectivity index (χ0v) is 9.05. The van der Waals surface area contributed by atoms with Gasteiger partial charge in [0, 0.05) is 32.2 Å². The van der Waals surface area contributed by atoms with Gasteiger partial charge in [-0.15, -0.1) is 0 Å². The molecule has 1 unspecified atom stereocenters. The van der Waals surface area contributed by atoms with Crippen molar-refractivity contribution in [2.24, 2.45) is 0 Å². The number of nitrogens with one attached hydrogen (secondary N) is 1. The van der Waals surface area contributed by atoms with Crippen LogP contribution in [0.15, 0.2) is 0 Å². The van der Waals surface area contributed by atoms with E-state index in [0.717, 1.165) is 32.8 Å². The summed E-state index contributed by atoms with van der Waals surface area (Å²) in [6.45, 7) is 11.8. The van der Waals surface area contributed by atoms with Gasteiger partial charge in [-0.3, -0.25) is 4.90 Å². The molecular weight excluding hydrogens is 164 g/mol. The lowest BCUT2D eigenvalue weighted by Crippen LogP contribution is -2.50. The fourth-order valence-electron chi connectivity index (χ4n) is 1.62. The minimum atomic E-state index is 0.359. The van der Waals surface area contributed by atoms with E-state index in [2.05, 4.69) is 31.0 Å². The molecule has 0 saturated carbocycles. The molecule has 1 aliphatic rings. The van der Waals surface area contributed by atoms with Crippen LogP contribution in [0.25, 0.3) is 0 Å². The molecule has 0 radical (unpaired) electrons. The SMILES string of the molecule is CC(C)OCCN1CCNCC1C. The Balaban J connectivity index is 2.11. The standard InChI is InChI=1S/C10H22N2O/c1-9(2)13-7-6-12-5-4-11-8-10(12)3/h9-11H,4-8H2,1-3H3. The zero-order valence-electron chi connectivity index (χ0n) is 9.05. The van der Waals surface area contributed by atoms with E-state index in [1.807, 2.05) is 0 Å². The van der Waals surface area contributed by atoms with Crippen molar-refractivity contribution in [1.29, 1.82) is 0 Å². The van der Waals surface area contributed by atoms with Crippen LogP contribution in [0.4, 0.5) is 0 Å². The van der Waals surface area contributed by atoms with Crippen LogP contribution in [-0.4, -0.2) is 49.8 Å². The minimum Gasteiger partial charge on any atom is -0.377 e. The molecule has 13 heavy (non-hydrogen) atoms. The van der Waals surface area contributed by atoms with Gasteiger partial charge in [-0.1, -0.05) is 0 Å². The van der Waals surface area contributed by atoms with E-state index in [4.69, 9.17) is 4.74 Å². The van der Waals surface area contributed by atoms with Gasteiger partial charge < -0.3 is 10.1 Å². The topological polar surface area (TPSA) is 24.5 Å². The van der Waals surface area contributed by atoms with Crippen molar-refractivity contribution in [3.8, 4) is 0 Å². The van der Waals surface area contributed by atoms with Crippen LogP contribution in [0.1, 0.15) is 20.8 Å². The second-order valence-electron chi connectivity index (χ2n) is 4.01. The summed E-state index contributed by atoms with van der Waals surface area (Å²) in [5.74, 6) is 0. The summed E-state index contributed by atoms with van der Waals surface area (Å²) < 4.78 is 5.53. The molecule has 1 aliphatic heterocycles. The summed E-state index contributed by atoms with van der Waals surface area (Å²) in [5.41, 5.74) is 0. The fourth-order valence-corrected chi connectivity index (χ4v) is 1.62. The molecule has 0 amide bonds. The van der Waals surface area contributed by atoms with Crippen LogP contribution >= 0.6 is 0 Å². The summed E-state index contributed by atoms with van der Waals surface area (Å²) in [4.78, 5) is 2.48. The number of nitrogens with zero attached hydrogens (tertiary/aromatic N) is 1. The van der Waals surface area contributed by atoms with Gasteiger partial charge in [0.15, 0.2) is 0 Å². The van der Waals surface area contributed by atoms with Crippen LogP contribution in [0.5, 0.6) is 0 Å². The summed E-state index contributed by atoms with van der Waals surface area (Å²) in [6.07, 6.45) is 0.359. The van der Waals surface area contributed by atoms with Crippen LogP contribution in [0, 0.1) is 0 Å². The summed E-state index contributed by atoms with van der Waals surface area (Å²) in [6, 6.07) is 0.657. The van der Waals surface area contributed by atoms with Crippen molar-refractivity contribution in [1.82, 2.24) is 10.2 Å². The maximum absolute atomic E-state index is 5.53. The fraction of sp³-hybridized carbons (Fsp3) is 1.00. The molecule has 0 aromatic heterocycles. The molecule has 0 bridgehead atoms. The average molecular weight is 186 g/mol. The minimum absolute atomic E-state index is 0.359. The number of piperazine rings is 1. The largest absolute Gasteiger partial charge is 0.377 e. The first-order valence-electron chi connectivity index (χ1n) is 5.26. The van der Waals surface area contributed by atoms with Crippen molar-refractivity contribution in [3.05, 3.63) is 0 Å². The monoisotopic (exact) mass is 186 g/mol. The van der Waals surface area contributed by atoms with E-state index >= 15 is 0 Å². The third-order valence-corrected chi connectivity index (χ3v) is 2.47. The average Bonchev–Trinajstić information content (AvgIpc) is 2.08. The highest BCUT2D eigenvalue weighted by molar-refractivity contribution is 4.75. The molecule has 78 valence electrons. The Hall–Kier alpha value is -0.120. The van der Waals surface area contributed by atoms with Gasteiger partial charge in [-0.05, 0) is 20.8 Å². The van der Waals surface area contributed by atoms with Crippen molar-refractivity contribution >= 4 is 0 Å². The van der Waals surface area contributed by atoms with Crippen molar-refractivity contribution < 1.29 is 4.74 Å². The number of hydrogen-bond acceptors (Lipinski definition) is 3. The van der Waals surface area contributed by atoms with E-state index in [9.17, 15) is 0 Å². The predicted molar refractivity (Wildman–Crippen MR) is 55.0 cm³/mol. The third-order valence-electron chi connectivity index (χ3n) is 2.47. The molecule has 1 atom stereocenters. The van der Waals surface area contributed by atoms with Crippen molar-refractivity contribution in [3.63, 3.8) is 0 Å². The van der Waals surface area contributed by atoms with Gasteiger partial charge in [0.1, 0.15) is 0 Å². The molecule has 1 heterocycles. The van der Waals surface area contributed by atoms with E-state index < -0.39 is 0 Å². The predicted octanol–water partition coefficient (Wildman–Crippen LogP) is 0.705. The maximum Gasteiger partial charge on any atom is 0.0597 e. The zero-order chi connectivity index (χ0) is 9.68. The van der Waals surface area contributed by atoms with Gasteiger partial charge in [0.05, 0.1) is 12.7 Å². The molecule has 0 aliphatic carbocycles. The van der Waals surface area contributed by atoms with Gasteiger partial charge in [-0.2, -0.15) is 0 Å². The van der Waals surface area contributed by atoms with Gasteiger partial charge in [-0.25, -0.2) is 0 Å². The maximum atomic E-state index is 5.53. The molecular formula is C10H22N2O. The number of hydrogen-bond donors (Lipinski definition) is 1. The van der Waals surface area contributed by atoms with E-state index in [0.29, 0.717) is 12.1 Å². The van der Waals surface area contributed by atoms with E-state index in [-0.39, 0.29) is 0 Å². The Bertz CT molecular complexity index is 139. The summed E-state index contributed by atoms with van der Waals surface area (Å²) in [5, 5.41) is 3.38. The highest BCUT2D eigenvalue weighted by Crippen LogP contribution is 2.01. The Morgan fingerprint density at radius 2 is 2.31 bits per heavy atom. The molecule has 3 nitrogen and oxygen atoms in total. The molecule has 1 saturated heterocycles. The first-order valence-corrected chi connectivity index (χ1v) is 5.26. The third kappa shape index (κ3) is 4.07. The Morgan fingerprint density at radius 1 is 1.54 bits per heavy atom. The lowest BCUT2D eigenvalue weighted by Gasteiger charge is -2.33. The molecule has 1 rings (SSSR count). The first-order chi connectivity index (χ1) is 6.20. The molecule has 3 heteroatoms. The summed E-state index contributed by atoms with van der Waals surface area (Å²) >= 11 is 0. The molecule has 0 aromatic carbocycles. The highest BCUT2D eigenvalue weighted by atomic mass is 16.5. The lowest BCUT2D eigenvalue weighted by atomic mass is 10.2. The normalized spacial score (nSPS) is 25.4. The Kier molecular flexibility index (Phi) is 4.70. The van der Waals surface area contributed by atoms with E-state index in [1.54, 1.807) is 0 Å². The number of rotatable bonds is 4. The van der Waals surface area contributed by atoms with Crippen molar-refractivity contribution in [2.45, 2.75) is 32.9 Å². The smallest absolute Gasteiger partial charge is 0.0597 e. The summed E-state index contributed by atoms with van der Waals surface area (Å²) in [7, 11) is 0. The second-order valence-corrected chi connectivity index (χ2v) is 4.01. The quantitative estimate of drug-likeness (QED) is 0.699. The number of ether oxygens (including phenoxy) is 1. The van der Waals surface area contributed by atoms with Gasteiger partial charge in [0.2, 0.25) is 0 Å². The second kappa shape index (κ2) is 5.58. The molecule has 1 fully saturated rings. The van der Waals surface area contributed by atoms with Crippen molar-refractivity contribution in [2.75, 3.05) is 32.8 Å². The van der Waals surface area contributed by atoms with Gasteiger partial charge in [0.25, 0.3) is 0 Å². The van der Waals surface area contributed by atoms with Gasteiger partial charge >= 0.3 is 0 Å². The van der Waals surface area contributed by atoms with Crippen LogP contribution in [0.2, 0.25) is 0 Å². The molecule has 0 spiro atoms. The van der Waals surface area contributed by atoms with Crippen LogP contribution < -0.4 is 5.32 Å². The molecule has 1 N–H and O–H groups in total. The van der Waals surface area contributed by atoms with Crippen LogP contribution in [-0.2, 0) is 4.74 Å². The van der Waals surface area contributed by atoms with E-state index in [1.165, 1.54) is 0 Å². The first kappa shape index (κ1) is 11.0. The van der Waals surface area contributed by atoms with Crippen LogP contribution in [0.3, 0.4) is 0 Å². The Labute approximate surface area is 81.4 Å².